The molecule has 0 saturated heterocycles. The number of nitrogens with one attached hydrogen (secondary N) is 3. The Hall–Kier alpha value is -4.15. The summed E-state index contributed by atoms with van der Waals surface area (Å²) in [5.74, 6) is -1.15. The van der Waals surface area contributed by atoms with E-state index in [0.717, 1.165) is 27.9 Å². The van der Waals surface area contributed by atoms with E-state index in [0.29, 0.717) is 11.4 Å². The standard InChI is InChI=1S/C32H42N4O6/c1-19-13-20(2)27(21(3)14-19)35-18-41-17-34-26-15-24(23-9-11-25(40-8)12-10-23)16-33-29(26)30(37)36-28(31(38)39)22(4)42-32(5,6)7/h9-16,22,28,34-35H,17-18H2,1-8H3,(H,36,37)(H,38,39)/t22-,28+/m1/s1. The summed E-state index contributed by atoms with van der Waals surface area (Å²) in [7, 11) is 1.60. The van der Waals surface area contributed by atoms with Gasteiger partial charge in [0.2, 0.25) is 0 Å². The number of carboxylic acid groups (broad SMARTS) is 1. The van der Waals surface area contributed by atoms with E-state index in [9.17, 15) is 14.7 Å². The average molecular weight is 579 g/mol. The molecule has 2 atom stereocenters. The van der Waals surface area contributed by atoms with Gasteiger partial charge in [0.15, 0.2) is 11.7 Å². The fraction of sp³-hybridized carbons (Fsp3) is 0.406. The molecule has 10 heteroatoms. The molecule has 2 aromatic carbocycles. The number of aliphatic carboxylic acids is 1. The van der Waals surface area contributed by atoms with Gasteiger partial charge in [-0.2, -0.15) is 0 Å². The number of rotatable bonds is 13. The van der Waals surface area contributed by atoms with Crippen molar-refractivity contribution in [3.05, 3.63) is 71.0 Å². The van der Waals surface area contributed by atoms with Crippen molar-refractivity contribution in [1.82, 2.24) is 10.3 Å². The van der Waals surface area contributed by atoms with Gasteiger partial charge in [-0.05, 0) is 83.4 Å². The van der Waals surface area contributed by atoms with Crippen molar-refractivity contribution >= 4 is 23.3 Å². The predicted molar refractivity (Wildman–Crippen MR) is 164 cm³/mol. The van der Waals surface area contributed by atoms with E-state index in [4.69, 9.17) is 14.2 Å². The minimum Gasteiger partial charge on any atom is -0.497 e. The van der Waals surface area contributed by atoms with Crippen LogP contribution in [-0.2, 0) is 14.3 Å². The lowest BCUT2D eigenvalue weighted by molar-refractivity contribution is -0.146. The van der Waals surface area contributed by atoms with Gasteiger partial charge in [-0.1, -0.05) is 29.8 Å². The van der Waals surface area contributed by atoms with E-state index in [1.165, 1.54) is 5.56 Å². The Morgan fingerprint density at radius 2 is 1.57 bits per heavy atom. The normalized spacial score (nSPS) is 12.8. The third-order valence-electron chi connectivity index (χ3n) is 6.48. The Kier molecular flexibility index (Phi) is 10.9. The van der Waals surface area contributed by atoms with Gasteiger partial charge >= 0.3 is 5.97 Å². The Balaban J connectivity index is 1.80. The van der Waals surface area contributed by atoms with Crippen LogP contribution in [0.15, 0.2) is 48.7 Å². The summed E-state index contributed by atoms with van der Waals surface area (Å²) in [5.41, 5.74) is 5.88. The minimum atomic E-state index is -1.28. The molecule has 0 saturated carbocycles. The van der Waals surface area contributed by atoms with Crippen LogP contribution in [0.25, 0.3) is 11.1 Å². The first-order valence-corrected chi connectivity index (χ1v) is 13.8. The highest BCUT2D eigenvalue weighted by Crippen LogP contribution is 2.27. The van der Waals surface area contributed by atoms with E-state index in [2.05, 4.69) is 40.0 Å². The van der Waals surface area contributed by atoms with Gasteiger partial charge in [0.25, 0.3) is 5.91 Å². The summed E-state index contributed by atoms with van der Waals surface area (Å²) in [4.78, 5) is 29.8. The summed E-state index contributed by atoms with van der Waals surface area (Å²) in [6, 6.07) is 12.1. The van der Waals surface area contributed by atoms with Gasteiger partial charge < -0.3 is 35.3 Å². The number of benzene rings is 2. The number of pyridine rings is 1. The highest BCUT2D eigenvalue weighted by Gasteiger charge is 2.31. The number of nitrogens with zero attached hydrogens (tertiary/aromatic N) is 1. The molecule has 0 aliphatic carbocycles. The minimum absolute atomic E-state index is 0.0308. The summed E-state index contributed by atoms with van der Waals surface area (Å²) in [6.45, 7) is 13.5. The SMILES string of the molecule is COc1ccc(-c2cnc(C(=O)N[C@H](C(=O)O)[C@@H](C)OC(C)(C)C)c(NCOCNc3c(C)cc(C)cc3C)c2)cc1. The summed E-state index contributed by atoms with van der Waals surface area (Å²) in [5, 5.41) is 18.8. The third-order valence-corrected chi connectivity index (χ3v) is 6.48. The molecule has 0 fully saturated rings. The van der Waals surface area contributed by atoms with Crippen LogP contribution in [0.5, 0.6) is 5.75 Å². The zero-order chi connectivity index (χ0) is 31.0. The number of hydrogen-bond acceptors (Lipinski definition) is 8. The number of aryl methyl sites for hydroxylation is 3. The molecule has 0 unspecified atom stereocenters. The molecule has 1 heterocycles. The molecule has 0 bridgehead atoms. The van der Waals surface area contributed by atoms with Crippen LogP contribution in [0.1, 0.15) is 54.9 Å². The lowest BCUT2D eigenvalue weighted by Crippen LogP contribution is -2.50. The Bertz CT molecular complexity index is 1360. The second-order valence-electron chi connectivity index (χ2n) is 11.2. The molecule has 4 N–H and O–H groups in total. The van der Waals surface area contributed by atoms with E-state index in [1.54, 1.807) is 26.3 Å². The maximum absolute atomic E-state index is 13.4. The van der Waals surface area contributed by atoms with E-state index >= 15 is 0 Å². The van der Waals surface area contributed by atoms with Gasteiger partial charge in [-0.15, -0.1) is 0 Å². The molecule has 0 radical (unpaired) electrons. The molecule has 0 aliphatic heterocycles. The first-order valence-electron chi connectivity index (χ1n) is 13.8. The summed E-state index contributed by atoms with van der Waals surface area (Å²) < 4.78 is 16.9. The van der Waals surface area contributed by atoms with Gasteiger partial charge in [-0.3, -0.25) is 4.79 Å². The van der Waals surface area contributed by atoms with Crippen molar-refractivity contribution in [3.8, 4) is 16.9 Å². The lowest BCUT2D eigenvalue weighted by atomic mass is 10.1. The Morgan fingerprint density at radius 1 is 0.952 bits per heavy atom. The number of amides is 1. The molecule has 0 aliphatic rings. The van der Waals surface area contributed by atoms with Crippen LogP contribution >= 0.6 is 0 Å². The quantitative estimate of drug-likeness (QED) is 0.153. The number of anilines is 2. The first-order chi connectivity index (χ1) is 19.8. The number of carbonyl (C=O) groups excluding carboxylic acids is 1. The molecule has 0 spiro atoms. The van der Waals surface area contributed by atoms with Crippen LogP contribution in [-0.4, -0.2) is 60.3 Å². The second kappa shape index (κ2) is 14.2. The van der Waals surface area contributed by atoms with Crippen LogP contribution < -0.4 is 20.7 Å². The fourth-order valence-electron chi connectivity index (χ4n) is 4.70. The summed E-state index contributed by atoms with van der Waals surface area (Å²) in [6.07, 6.45) is 0.780. The average Bonchev–Trinajstić information content (AvgIpc) is 2.91. The number of ether oxygens (including phenoxy) is 3. The topological polar surface area (TPSA) is 131 Å². The zero-order valence-corrected chi connectivity index (χ0v) is 25.6. The maximum atomic E-state index is 13.4. The molecule has 42 heavy (non-hydrogen) atoms. The molecular weight excluding hydrogens is 536 g/mol. The third kappa shape index (κ3) is 8.92. The van der Waals surface area contributed by atoms with Gasteiger partial charge in [-0.25, -0.2) is 9.78 Å². The number of methoxy groups -OCH3 is 1. The highest BCUT2D eigenvalue weighted by atomic mass is 16.5. The second-order valence-corrected chi connectivity index (χ2v) is 11.2. The largest absolute Gasteiger partial charge is 0.497 e. The van der Waals surface area contributed by atoms with Crippen LogP contribution in [0.3, 0.4) is 0 Å². The molecule has 226 valence electrons. The Morgan fingerprint density at radius 3 is 2.14 bits per heavy atom. The molecule has 3 rings (SSSR count). The number of aromatic nitrogens is 1. The number of hydrogen-bond donors (Lipinski definition) is 4. The molecule has 1 aromatic heterocycles. The maximum Gasteiger partial charge on any atom is 0.328 e. The smallest absolute Gasteiger partial charge is 0.328 e. The van der Waals surface area contributed by atoms with Gasteiger partial charge in [0.05, 0.1) is 24.5 Å². The summed E-state index contributed by atoms with van der Waals surface area (Å²) >= 11 is 0. The number of carboxylic acids is 1. The fourth-order valence-corrected chi connectivity index (χ4v) is 4.70. The van der Waals surface area contributed by atoms with Gasteiger partial charge in [0.1, 0.15) is 19.2 Å². The zero-order valence-electron chi connectivity index (χ0n) is 25.6. The highest BCUT2D eigenvalue weighted by molar-refractivity contribution is 6.00. The van der Waals surface area contributed by atoms with Crippen LogP contribution in [0.4, 0.5) is 11.4 Å². The van der Waals surface area contributed by atoms with Crippen molar-refractivity contribution in [1.29, 1.82) is 0 Å². The van der Waals surface area contributed by atoms with Crippen molar-refractivity contribution in [2.45, 2.75) is 66.2 Å². The first kappa shape index (κ1) is 32.4. The van der Waals surface area contributed by atoms with Crippen molar-refractivity contribution in [2.24, 2.45) is 0 Å². The predicted octanol–water partition coefficient (Wildman–Crippen LogP) is 5.52. The van der Waals surface area contributed by atoms with Crippen molar-refractivity contribution in [3.63, 3.8) is 0 Å². The monoisotopic (exact) mass is 578 g/mol. The van der Waals surface area contributed by atoms with E-state index < -0.39 is 29.6 Å². The van der Waals surface area contributed by atoms with E-state index in [-0.39, 0.29) is 19.2 Å². The molecule has 3 aromatic rings. The Labute approximate surface area is 247 Å². The van der Waals surface area contributed by atoms with Crippen molar-refractivity contribution in [2.75, 3.05) is 31.2 Å². The van der Waals surface area contributed by atoms with Crippen molar-refractivity contribution < 1.29 is 28.9 Å². The van der Waals surface area contributed by atoms with Crippen LogP contribution in [0, 0.1) is 20.8 Å². The molecule has 10 nitrogen and oxygen atoms in total. The molecule has 1 amide bonds. The molecular formula is C32H42N4O6. The lowest BCUT2D eigenvalue weighted by Gasteiger charge is -2.29. The van der Waals surface area contributed by atoms with Crippen LogP contribution in [0.2, 0.25) is 0 Å². The van der Waals surface area contributed by atoms with Gasteiger partial charge in [0, 0.05) is 17.4 Å². The van der Waals surface area contributed by atoms with E-state index in [1.807, 2.05) is 58.9 Å². The number of carbonyl (C=O) groups is 2.